The van der Waals surface area contributed by atoms with Gasteiger partial charge in [-0.05, 0) is 38.9 Å². The van der Waals surface area contributed by atoms with E-state index in [9.17, 15) is 0 Å². The highest BCUT2D eigenvalue weighted by Crippen LogP contribution is 2.23. The van der Waals surface area contributed by atoms with E-state index in [1.165, 1.54) is 19.4 Å². The lowest BCUT2D eigenvalue weighted by molar-refractivity contribution is 0.260. The highest BCUT2D eigenvalue weighted by Gasteiger charge is 2.22. The van der Waals surface area contributed by atoms with Gasteiger partial charge in [0.15, 0.2) is 5.65 Å². The third-order valence-corrected chi connectivity index (χ3v) is 4.95. The molecule has 3 heterocycles. The van der Waals surface area contributed by atoms with E-state index in [2.05, 4.69) is 33.3 Å². The number of nitrogens with one attached hydrogen (secondary N) is 1. The average molecular weight is 322 g/mol. The van der Waals surface area contributed by atoms with Gasteiger partial charge in [0.1, 0.15) is 5.15 Å². The minimum atomic E-state index is 0.571. The van der Waals surface area contributed by atoms with Crippen molar-refractivity contribution in [2.24, 2.45) is 7.05 Å². The second-order valence-electron chi connectivity index (χ2n) is 6.07. The van der Waals surface area contributed by atoms with Crippen LogP contribution in [-0.4, -0.2) is 45.3 Å². The van der Waals surface area contributed by atoms with E-state index in [-0.39, 0.29) is 0 Å². The number of aromatic nitrogens is 3. The van der Waals surface area contributed by atoms with Crippen LogP contribution in [0.15, 0.2) is 6.07 Å². The normalized spacial score (nSPS) is 19.4. The molecule has 0 bridgehead atoms. The number of hydrogen-bond acceptors (Lipinski definition) is 4. The number of pyridine rings is 1. The zero-order valence-corrected chi connectivity index (χ0v) is 14.3. The molecule has 0 saturated carbocycles. The van der Waals surface area contributed by atoms with Gasteiger partial charge in [0.25, 0.3) is 0 Å². The molecule has 0 aromatic carbocycles. The summed E-state index contributed by atoms with van der Waals surface area (Å²) >= 11 is 6.33. The van der Waals surface area contributed by atoms with Crippen LogP contribution in [0.1, 0.15) is 31.0 Å². The predicted octanol–water partition coefficient (Wildman–Crippen LogP) is 2.50. The third kappa shape index (κ3) is 2.98. The van der Waals surface area contributed by atoms with Crippen LogP contribution in [0.2, 0.25) is 5.15 Å². The van der Waals surface area contributed by atoms with Crippen LogP contribution < -0.4 is 5.32 Å². The van der Waals surface area contributed by atoms with E-state index in [4.69, 9.17) is 11.6 Å². The molecule has 0 unspecified atom stereocenters. The van der Waals surface area contributed by atoms with E-state index in [0.717, 1.165) is 41.9 Å². The van der Waals surface area contributed by atoms with Gasteiger partial charge >= 0.3 is 0 Å². The summed E-state index contributed by atoms with van der Waals surface area (Å²) in [5.41, 5.74) is 2.89. The molecule has 22 heavy (non-hydrogen) atoms. The summed E-state index contributed by atoms with van der Waals surface area (Å²) in [5.74, 6) is 0. The number of fused-ring (bicyclic) bond motifs is 1. The summed E-state index contributed by atoms with van der Waals surface area (Å²) in [6, 6.07) is 2.77. The van der Waals surface area contributed by atoms with Crippen molar-refractivity contribution in [1.29, 1.82) is 0 Å². The van der Waals surface area contributed by atoms with Gasteiger partial charge in [0.2, 0.25) is 0 Å². The van der Waals surface area contributed by atoms with E-state index < -0.39 is 0 Å². The van der Waals surface area contributed by atoms with Gasteiger partial charge in [0, 0.05) is 37.1 Å². The van der Waals surface area contributed by atoms with Crippen molar-refractivity contribution in [3.63, 3.8) is 0 Å². The van der Waals surface area contributed by atoms with E-state index in [1.54, 1.807) is 4.68 Å². The fourth-order valence-corrected chi connectivity index (χ4v) is 3.60. The molecule has 6 heteroatoms. The van der Waals surface area contributed by atoms with Gasteiger partial charge in [-0.25, -0.2) is 4.98 Å². The summed E-state index contributed by atoms with van der Waals surface area (Å²) < 4.78 is 1.78. The highest BCUT2D eigenvalue weighted by atomic mass is 35.5. The minimum absolute atomic E-state index is 0.571. The molecular weight excluding hydrogens is 298 g/mol. The lowest BCUT2D eigenvalue weighted by Gasteiger charge is -2.23. The zero-order valence-electron chi connectivity index (χ0n) is 13.6. The summed E-state index contributed by atoms with van der Waals surface area (Å²) in [6.45, 7) is 8.37. The molecule has 0 radical (unpaired) electrons. The molecule has 0 amide bonds. The first kappa shape index (κ1) is 15.7. The quantitative estimate of drug-likeness (QED) is 0.860. The maximum atomic E-state index is 6.33. The molecule has 1 fully saturated rings. The number of nitrogens with zero attached hydrogens (tertiary/aromatic N) is 4. The Hall–Kier alpha value is -1.17. The van der Waals surface area contributed by atoms with Gasteiger partial charge < -0.3 is 5.32 Å². The molecule has 0 spiro atoms. The maximum Gasteiger partial charge on any atom is 0.159 e. The van der Waals surface area contributed by atoms with Crippen LogP contribution in [0.25, 0.3) is 11.0 Å². The Labute approximate surface area is 136 Å². The van der Waals surface area contributed by atoms with Gasteiger partial charge in [-0.1, -0.05) is 18.5 Å². The van der Waals surface area contributed by atoms with Gasteiger partial charge in [0.05, 0.1) is 5.69 Å². The first-order chi connectivity index (χ1) is 10.6. The molecule has 3 rings (SSSR count). The summed E-state index contributed by atoms with van der Waals surface area (Å²) in [7, 11) is 1.90. The van der Waals surface area contributed by atoms with Gasteiger partial charge in [-0.2, -0.15) is 5.10 Å². The number of halogens is 1. The number of hydrogen-bond donors (Lipinski definition) is 1. The average Bonchev–Trinajstić information content (AvgIpc) is 3.05. The number of likely N-dealkylation sites (N-methyl/N-ethyl adjacent to an activating group) is 1. The molecule has 2 aromatic heterocycles. The van der Waals surface area contributed by atoms with Crippen molar-refractivity contribution >= 4 is 22.6 Å². The van der Waals surface area contributed by atoms with Gasteiger partial charge in [-0.15, -0.1) is 0 Å². The van der Waals surface area contributed by atoms with Crippen molar-refractivity contribution in [3.8, 4) is 0 Å². The Morgan fingerprint density at radius 1 is 1.45 bits per heavy atom. The second-order valence-corrected chi connectivity index (χ2v) is 6.43. The van der Waals surface area contributed by atoms with Crippen LogP contribution in [0.4, 0.5) is 0 Å². The van der Waals surface area contributed by atoms with Crippen molar-refractivity contribution in [3.05, 3.63) is 22.5 Å². The lowest BCUT2D eigenvalue weighted by Crippen LogP contribution is -2.37. The Morgan fingerprint density at radius 2 is 2.27 bits per heavy atom. The fraction of sp³-hybridized carbons (Fsp3) is 0.625. The van der Waals surface area contributed by atoms with Crippen LogP contribution >= 0.6 is 11.6 Å². The van der Waals surface area contributed by atoms with Crippen LogP contribution in [0.3, 0.4) is 0 Å². The molecular formula is C16H24ClN5. The third-order valence-electron chi connectivity index (χ3n) is 4.63. The zero-order chi connectivity index (χ0) is 15.7. The maximum absolute atomic E-state index is 6.33. The second kappa shape index (κ2) is 6.52. The van der Waals surface area contributed by atoms with Gasteiger partial charge in [-0.3, -0.25) is 9.58 Å². The summed E-state index contributed by atoms with van der Waals surface area (Å²) in [5, 5.41) is 9.61. The molecule has 0 aliphatic carbocycles. The van der Waals surface area contributed by atoms with Crippen LogP contribution in [-0.2, 0) is 13.6 Å². The number of likely N-dealkylation sites (tertiary alicyclic amines) is 1. The topological polar surface area (TPSA) is 46.0 Å². The molecule has 1 N–H and O–H groups in total. The molecule has 1 saturated heterocycles. The van der Waals surface area contributed by atoms with Crippen LogP contribution in [0, 0.1) is 6.92 Å². The van der Waals surface area contributed by atoms with Crippen molar-refractivity contribution in [2.75, 3.05) is 19.6 Å². The highest BCUT2D eigenvalue weighted by molar-refractivity contribution is 6.30. The molecule has 5 nitrogen and oxygen atoms in total. The van der Waals surface area contributed by atoms with Crippen LogP contribution in [0.5, 0.6) is 0 Å². The Balaban J connectivity index is 1.68. The molecule has 1 atom stereocenters. The minimum Gasteiger partial charge on any atom is -0.311 e. The SMILES string of the molecule is CCN1CCC[C@H]1CNCc1cc2c(C)nn(C)c2nc1Cl. The molecule has 2 aromatic rings. The van der Waals surface area contributed by atoms with E-state index in [1.807, 2.05) is 14.0 Å². The number of aryl methyl sites for hydroxylation is 2. The number of rotatable bonds is 5. The molecule has 120 valence electrons. The largest absolute Gasteiger partial charge is 0.311 e. The summed E-state index contributed by atoms with van der Waals surface area (Å²) in [6.07, 6.45) is 2.59. The Kier molecular flexibility index (Phi) is 4.66. The van der Waals surface area contributed by atoms with E-state index >= 15 is 0 Å². The molecule has 1 aliphatic heterocycles. The summed E-state index contributed by atoms with van der Waals surface area (Å²) in [4.78, 5) is 7.04. The van der Waals surface area contributed by atoms with Crippen molar-refractivity contribution < 1.29 is 0 Å². The lowest BCUT2D eigenvalue weighted by atomic mass is 10.2. The first-order valence-corrected chi connectivity index (χ1v) is 8.41. The van der Waals surface area contributed by atoms with Crippen molar-refractivity contribution in [2.45, 2.75) is 39.3 Å². The first-order valence-electron chi connectivity index (χ1n) is 8.03. The van der Waals surface area contributed by atoms with Crippen molar-refractivity contribution in [1.82, 2.24) is 25.0 Å². The standard InChI is InChI=1S/C16H24ClN5/c1-4-22-7-5-6-13(22)10-18-9-12-8-14-11(2)20-21(3)16(14)19-15(12)17/h8,13,18H,4-7,9-10H2,1-3H3/t13-/m0/s1. The Bertz CT molecular complexity index is 666. The smallest absolute Gasteiger partial charge is 0.159 e. The monoisotopic (exact) mass is 321 g/mol. The Morgan fingerprint density at radius 3 is 3.05 bits per heavy atom. The molecule has 1 aliphatic rings. The fourth-order valence-electron chi connectivity index (χ4n) is 3.40. The van der Waals surface area contributed by atoms with E-state index in [0.29, 0.717) is 11.2 Å². The predicted molar refractivity (Wildman–Crippen MR) is 90.2 cm³/mol.